The summed E-state index contributed by atoms with van der Waals surface area (Å²) in [5.41, 5.74) is 7.88. The average molecular weight is 479 g/mol. The lowest BCUT2D eigenvalue weighted by Crippen LogP contribution is -1.95. The van der Waals surface area contributed by atoms with Crippen LogP contribution in [-0.4, -0.2) is 41.4 Å². The van der Waals surface area contributed by atoms with Crippen LogP contribution in [0.3, 0.4) is 0 Å². The van der Waals surface area contributed by atoms with Crippen molar-refractivity contribution in [3.63, 3.8) is 0 Å². The molecule has 6 nitrogen and oxygen atoms in total. The molecule has 0 radical (unpaired) electrons. The molecular formula is C30H30N4O2. The van der Waals surface area contributed by atoms with Gasteiger partial charge in [0.1, 0.15) is 17.3 Å². The first kappa shape index (κ1) is 23.5. The van der Waals surface area contributed by atoms with Gasteiger partial charge in [-0.15, -0.1) is 0 Å². The van der Waals surface area contributed by atoms with E-state index in [1.807, 2.05) is 30.6 Å². The third kappa shape index (κ3) is 5.38. The third-order valence-corrected chi connectivity index (χ3v) is 6.46. The van der Waals surface area contributed by atoms with Gasteiger partial charge in [-0.25, -0.2) is 4.98 Å². The van der Waals surface area contributed by atoms with Crippen molar-refractivity contribution in [2.75, 3.05) is 20.8 Å². The molecule has 2 aromatic heterocycles. The van der Waals surface area contributed by atoms with Gasteiger partial charge in [-0.05, 0) is 71.5 Å². The zero-order valence-corrected chi connectivity index (χ0v) is 20.9. The van der Waals surface area contributed by atoms with Crippen molar-refractivity contribution in [1.29, 1.82) is 0 Å². The van der Waals surface area contributed by atoms with Crippen LogP contribution in [0.4, 0.5) is 0 Å². The minimum Gasteiger partial charge on any atom is -0.497 e. The van der Waals surface area contributed by atoms with Crippen LogP contribution in [0.5, 0.6) is 11.5 Å². The number of imidazole rings is 1. The van der Waals surface area contributed by atoms with E-state index in [0.29, 0.717) is 6.42 Å². The lowest BCUT2D eigenvalue weighted by molar-refractivity contribution is 0.394. The monoisotopic (exact) mass is 478 g/mol. The number of pyridine rings is 1. The summed E-state index contributed by atoms with van der Waals surface area (Å²) in [4.78, 5) is 17.1. The van der Waals surface area contributed by atoms with Gasteiger partial charge in [0, 0.05) is 55.1 Å². The van der Waals surface area contributed by atoms with Gasteiger partial charge >= 0.3 is 0 Å². The molecule has 0 unspecified atom stereocenters. The average Bonchev–Trinajstić information content (AvgIpc) is 3.33. The lowest BCUT2D eigenvalue weighted by Gasteiger charge is -2.12. The van der Waals surface area contributed by atoms with Gasteiger partial charge in [0.05, 0.1) is 19.7 Å². The number of aromatic amines is 1. The minimum absolute atomic E-state index is 0.660. The summed E-state index contributed by atoms with van der Waals surface area (Å²) >= 11 is 0. The van der Waals surface area contributed by atoms with Gasteiger partial charge in [0.15, 0.2) is 0 Å². The van der Waals surface area contributed by atoms with E-state index in [4.69, 9.17) is 14.5 Å². The first-order chi connectivity index (χ1) is 17.6. The van der Waals surface area contributed by atoms with Crippen molar-refractivity contribution in [2.45, 2.75) is 26.2 Å². The third-order valence-electron chi connectivity index (χ3n) is 6.46. The molecule has 6 heteroatoms. The number of fused-ring (bicyclic) bond motifs is 1. The Balaban J connectivity index is 1.56. The first-order valence-electron chi connectivity index (χ1n) is 12.1. The number of benzene rings is 2. The molecule has 182 valence electrons. The molecule has 3 heterocycles. The second-order valence-corrected chi connectivity index (χ2v) is 8.96. The molecule has 0 bridgehead atoms. The summed E-state index contributed by atoms with van der Waals surface area (Å²) < 4.78 is 11.0. The zero-order chi connectivity index (χ0) is 24.9. The van der Waals surface area contributed by atoms with Gasteiger partial charge < -0.3 is 14.5 Å². The molecule has 0 atom stereocenters. The van der Waals surface area contributed by atoms with Crippen molar-refractivity contribution in [1.82, 2.24) is 15.0 Å². The summed E-state index contributed by atoms with van der Waals surface area (Å²) in [6.45, 7) is 2.92. The Labute approximate surface area is 211 Å². The van der Waals surface area contributed by atoms with E-state index in [9.17, 15) is 0 Å². The summed E-state index contributed by atoms with van der Waals surface area (Å²) in [5, 5.41) is 1.11. The number of methoxy groups -OCH3 is 2. The maximum absolute atomic E-state index is 5.48. The van der Waals surface area contributed by atoms with Crippen molar-refractivity contribution < 1.29 is 9.47 Å². The molecule has 36 heavy (non-hydrogen) atoms. The Morgan fingerprint density at radius 1 is 1.03 bits per heavy atom. The van der Waals surface area contributed by atoms with Crippen molar-refractivity contribution >= 4 is 33.8 Å². The maximum Gasteiger partial charge on any atom is 0.123 e. The predicted molar refractivity (Wildman–Crippen MR) is 147 cm³/mol. The summed E-state index contributed by atoms with van der Waals surface area (Å²) in [7, 11) is 3.33. The normalized spacial score (nSPS) is 14.2. The quantitative estimate of drug-likeness (QED) is 0.312. The highest BCUT2D eigenvalue weighted by Crippen LogP contribution is 2.30. The van der Waals surface area contributed by atoms with E-state index >= 15 is 0 Å². The minimum atomic E-state index is 0.660. The summed E-state index contributed by atoms with van der Waals surface area (Å²) in [5.74, 6) is 2.41. The topological polar surface area (TPSA) is 72.4 Å². The van der Waals surface area contributed by atoms with Crippen LogP contribution in [0, 0.1) is 0 Å². The molecule has 0 aliphatic carbocycles. The Kier molecular flexibility index (Phi) is 6.94. The van der Waals surface area contributed by atoms with Gasteiger partial charge in [-0.1, -0.05) is 18.2 Å². The highest BCUT2D eigenvalue weighted by Gasteiger charge is 2.11. The molecule has 0 saturated carbocycles. The number of hydrogen-bond acceptors (Lipinski definition) is 5. The Bertz CT molecular complexity index is 1440. The highest BCUT2D eigenvalue weighted by atomic mass is 16.5. The van der Waals surface area contributed by atoms with E-state index in [0.717, 1.165) is 64.3 Å². The standard InChI is InChI=1S/C30H30N4O2/c1-20-4-5-22(8-9-31-20)26-16-25-15-23(6-7-29(25)34-19-26)24(17-30-32-10-11-33-30)12-21-13-27(35-2)18-28(14-21)36-3/h5-7,10-16,18-19H,4,8-9,17H2,1-3H3,(H,32,33)/b24-12+. The lowest BCUT2D eigenvalue weighted by atomic mass is 9.96. The number of aromatic nitrogens is 3. The molecule has 0 saturated heterocycles. The molecule has 0 spiro atoms. The Morgan fingerprint density at radius 3 is 2.61 bits per heavy atom. The highest BCUT2D eigenvalue weighted by molar-refractivity contribution is 5.91. The van der Waals surface area contributed by atoms with Crippen molar-refractivity contribution in [3.05, 3.63) is 89.6 Å². The molecule has 1 aliphatic heterocycles. The van der Waals surface area contributed by atoms with Crippen molar-refractivity contribution in [3.8, 4) is 11.5 Å². The maximum atomic E-state index is 5.48. The predicted octanol–water partition coefficient (Wildman–Crippen LogP) is 6.40. The van der Waals surface area contributed by atoms with Crippen molar-refractivity contribution in [2.24, 2.45) is 4.99 Å². The van der Waals surface area contributed by atoms with E-state index in [1.54, 1.807) is 20.4 Å². The van der Waals surface area contributed by atoms with Crippen LogP contribution in [0.2, 0.25) is 0 Å². The van der Waals surface area contributed by atoms with E-state index in [2.05, 4.69) is 58.3 Å². The van der Waals surface area contributed by atoms with E-state index in [-0.39, 0.29) is 0 Å². The zero-order valence-electron chi connectivity index (χ0n) is 20.9. The van der Waals surface area contributed by atoms with Crippen LogP contribution in [0.15, 0.2) is 72.1 Å². The number of nitrogens with one attached hydrogen (secondary N) is 1. The smallest absolute Gasteiger partial charge is 0.123 e. The Morgan fingerprint density at radius 2 is 1.86 bits per heavy atom. The molecule has 2 aromatic carbocycles. The fourth-order valence-corrected chi connectivity index (χ4v) is 4.50. The van der Waals surface area contributed by atoms with Crippen LogP contribution in [0.1, 0.15) is 42.3 Å². The van der Waals surface area contributed by atoms with E-state index < -0.39 is 0 Å². The molecule has 5 rings (SSSR count). The van der Waals surface area contributed by atoms with Crippen LogP contribution >= 0.6 is 0 Å². The number of nitrogens with zero attached hydrogens (tertiary/aromatic N) is 3. The SMILES string of the molecule is COc1cc(/C=C(\Cc2ncc[nH]2)c2ccc3ncc(C4=CCC(C)=NCC4)cc3c2)cc(OC)c1. The van der Waals surface area contributed by atoms with Crippen LogP contribution in [0.25, 0.3) is 28.1 Å². The van der Waals surface area contributed by atoms with Gasteiger partial charge in [0.25, 0.3) is 0 Å². The molecule has 0 fully saturated rings. The molecule has 1 aliphatic rings. The number of rotatable bonds is 7. The summed E-state index contributed by atoms with van der Waals surface area (Å²) in [6.07, 6.45) is 12.6. The number of aliphatic imine (C=N–C) groups is 1. The van der Waals surface area contributed by atoms with Gasteiger partial charge in [-0.3, -0.25) is 9.98 Å². The first-order valence-corrected chi connectivity index (χ1v) is 12.1. The second-order valence-electron chi connectivity index (χ2n) is 8.96. The molecule has 4 aromatic rings. The van der Waals surface area contributed by atoms with Gasteiger partial charge in [-0.2, -0.15) is 0 Å². The number of hydrogen-bond donors (Lipinski definition) is 1. The van der Waals surface area contributed by atoms with Crippen LogP contribution in [-0.2, 0) is 6.42 Å². The fraction of sp³-hybridized carbons (Fsp3) is 0.233. The fourth-order valence-electron chi connectivity index (χ4n) is 4.50. The largest absolute Gasteiger partial charge is 0.497 e. The molecule has 1 N–H and O–H groups in total. The second kappa shape index (κ2) is 10.6. The molecule has 0 amide bonds. The number of H-pyrrole nitrogens is 1. The van der Waals surface area contributed by atoms with E-state index in [1.165, 1.54) is 16.8 Å². The Hall–Kier alpha value is -4.19. The summed E-state index contributed by atoms with van der Waals surface area (Å²) in [6, 6.07) is 14.6. The van der Waals surface area contributed by atoms with Crippen LogP contribution < -0.4 is 9.47 Å². The number of ether oxygens (including phenoxy) is 2. The van der Waals surface area contributed by atoms with Gasteiger partial charge in [0.2, 0.25) is 0 Å². The number of allylic oxidation sites excluding steroid dienone is 2. The molecular weight excluding hydrogens is 448 g/mol.